The van der Waals surface area contributed by atoms with Gasteiger partial charge in [-0.15, -0.1) is 0 Å². The molecule has 1 unspecified atom stereocenters. The number of aryl methyl sites for hydroxylation is 1. The fourth-order valence-electron chi connectivity index (χ4n) is 5.31. The fourth-order valence-corrected chi connectivity index (χ4v) is 5.31. The van der Waals surface area contributed by atoms with E-state index in [-0.39, 0.29) is 22.3 Å². The summed E-state index contributed by atoms with van der Waals surface area (Å²) < 4.78 is 9.58. The smallest absolute Gasteiger partial charge is 0.295 e. The Kier molecular flexibility index (Phi) is 8.69. The molecule has 0 radical (unpaired) electrons. The largest absolute Gasteiger partial charge is 0.480 e. The maximum Gasteiger partial charge on any atom is 0.295 e. The number of nitrogens with zero attached hydrogens (tertiary/aromatic N) is 5. The molecule has 5 aromatic rings. The van der Waals surface area contributed by atoms with E-state index < -0.39 is 6.10 Å². The molecular formula is C35H43N7O3. The first-order valence-corrected chi connectivity index (χ1v) is 15.6. The number of H-pyrrole nitrogens is 1. The van der Waals surface area contributed by atoms with E-state index in [9.17, 15) is 9.59 Å². The number of aromatic amines is 1. The van der Waals surface area contributed by atoms with E-state index >= 15 is 0 Å². The number of hydrogen-bond acceptors (Lipinski definition) is 6. The first-order valence-electron chi connectivity index (χ1n) is 15.6. The van der Waals surface area contributed by atoms with Crippen molar-refractivity contribution >= 4 is 22.8 Å². The van der Waals surface area contributed by atoms with E-state index in [2.05, 4.69) is 79.0 Å². The summed E-state index contributed by atoms with van der Waals surface area (Å²) in [5, 5.41) is 6.14. The maximum atomic E-state index is 13.5. The van der Waals surface area contributed by atoms with Gasteiger partial charge in [-0.3, -0.25) is 19.3 Å². The Labute approximate surface area is 263 Å². The molecule has 2 aromatic carbocycles. The van der Waals surface area contributed by atoms with Crippen molar-refractivity contribution in [2.75, 3.05) is 5.32 Å². The van der Waals surface area contributed by atoms with Crippen LogP contribution in [-0.4, -0.2) is 41.3 Å². The predicted molar refractivity (Wildman–Crippen MR) is 178 cm³/mol. The van der Waals surface area contributed by atoms with Gasteiger partial charge in [0.2, 0.25) is 0 Å². The van der Waals surface area contributed by atoms with Gasteiger partial charge in [-0.2, -0.15) is 0 Å². The number of hydrogen-bond donors (Lipinski definition) is 2. The van der Waals surface area contributed by atoms with E-state index in [0.29, 0.717) is 40.3 Å². The maximum absolute atomic E-state index is 13.5. The molecule has 0 spiro atoms. The first-order chi connectivity index (χ1) is 21.4. The second-order valence-electron chi connectivity index (χ2n) is 12.8. The summed E-state index contributed by atoms with van der Waals surface area (Å²) in [6, 6.07) is 13.5. The van der Waals surface area contributed by atoms with E-state index in [1.807, 2.05) is 19.9 Å². The van der Waals surface area contributed by atoms with E-state index in [1.54, 1.807) is 41.4 Å². The van der Waals surface area contributed by atoms with Crippen LogP contribution in [0.1, 0.15) is 84.5 Å². The fraction of sp³-hybridized carbons (Fsp3) is 0.400. The lowest BCUT2D eigenvalue weighted by Crippen LogP contribution is -2.33. The summed E-state index contributed by atoms with van der Waals surface area (Å²) in [7, 11) is 0. The van der Waals surface area contributed by atoms with Crippen LogP contribution in [0.2, 0.25) is 0 Å². The van der Waals surface area contributed by atoms with Gasteiger partial charge in [-0.1, -0.05) is 60.6 Å². The number of fused-ring (bicyclic) bond motifs is 1. The van der Waals surface area contributed by atoms with Gasteiger partial charge in [-0.25, -0.2) is 19.6 Å². The number of ether oxygens (including phenoxy) is 1. The monoisotopic (exact) mass is 609 g/mol. The standard InChI is InChI=1S/C35H43N7O3/c1-9-28(45-29-17-12-23(34(5,6)10-2)18-26(29)35(7,8)11-3)32(43)39-24-13-15-25(16-14-24)42-33(44)30(22(4)40-42)41-21-38-31-27(41)19-36-20-37-31/h12-21,28,40H,9-11H2,1-8H3,(H,39,43). The van der Waals surface area contributed by atoms with Crippen LogP contribution in [-0.2, 0) is 15.6 Å². The number of rotatable bonds is 11. The van der Waals surface area contributed by atoms with Gasteiger partial charge in [0.15, 0.2) is 11.8 Å². The number of amides is 1. The number of benzene rings is 2. The summed E-state index contributed by atoms with van der Waals surface area (Å²) in [6.45, 7) is 17.1. The van der Waals surface area contributed by atoms with E-state index in [1.165, 1.54) is 16.6 Å². The molecule has 0 bridgehead atoms. The Hall–Kier alpha value is -4.73. The number of carbonyl (C=O) groups is 1. The predicted octanol–water partition coefficient (Wildman–Crippen LogP) is 6.77. The summed E-state index contributed by atoms with van der Waals surface area (Å²) >= 11 is 0. The summed E-state index contributed by atoms with van der Waals surface area (Å²) in [4.78, 5) is 39.4. The van der Waals surface area contributed by atoms with E-state index in [4.69, 9.17) is 4.74 Å². The van der Waals surface area contributed by atoms with Crippen molar-refractivity contribution in [1.29, 1.82) is 0 Å². The van der Waals surface area contributed by atoms with Crippen LogP contribution in [0.3, 0.4) is 0 Å². The Balaban J connectivity index is 1.35. The Bertz CT molecular complexity index is 1880. The van der Waals surface area contributed by atoms with Gasteiger partial charge in [0, 0.05) is 11.3 Å². The molecule has 0 saturated carbocycles. The highest BCUT2D eigenvalue weighted by Crippen LogP contribution is 2.39. The molecule has 0 aliphatic heterocycles. The minimum atomic E-state index is -0.675. The summed E-state index contributed by atoms with van der Waals surface area (Å²) in [5.74, 6) is 0.511. The van der Waals surface area contributed by atoms with Crippen LogP contribution in [0.15, 0.2) is 66.1 Å². The Morgan fingerprint density at radius 2 is 1.71 bits per heavy atom. The molecule has 45 heavy (non-hydrogen) atoms. The van der Waals surface area contributed by atoms with Crippen molar-refractivity contribution in [3.8, 4) is 17.1 Å². The van der Waals surface area contributed by atoms with Gasteiger partial charge < -0.3 is 10.1 Å². The zero-order valence-corrected chi connectivity index (χ0v) is 27.4. The molecule has 236 valence electrons. The van der Waals surface area contributed by atoms with Gasteiger partial charge in [0.05, 0.1) is 17.6 Å². The number of nitrogens with one attached hydrogen (secondary N) is 2. The molecular weight excluding hydrogens is 566 g/mol. The van der Waals surface area contributed by atoms with Gasteiger partial charge in [0.1, 0.15) is 29.6 Å². The minimum Gasteiger partial charge on any atom is -0.480 e. The summed E-state index contributed by atoms with van der Waals surface area (Å²) in [6.07, 6.45) is 6.41. The molecule has 0 aliphatic carbocycles. The van der Waals surface area contributed by atoms with Crippen molar-refractivity contribution < 1.29 is 9.53 Å². The number of carbonyl (C=O) groups excluding carboxylic acids is 1. The van der Waals surface area contributed by atoms with Crippen molar-refractivity contribution in [3.05, 3.63) is 88.5 Å². The lowest BCUT2D eigenvalue weighted by molar-refractivity contribution is -0.122. The number of imidazole rings is 1. The van der Waals surface area contributed by atoms with Gasteiger partial charge in [0.25, 0.3) is 11.5 Å². The second kappa shape index (κ2) is 12.3. The van der Waals surface area contributed by atoms with Crippen molar-refractivity contribution in [2.45, 2.75) is 91.6 Å². The second-order valence-corrected chi connectivity index (χ2v) is 12.8. The molecule has 10 heteroatoms. The highest BCUT2D eigenvalue weighted by Gasteiger charge is 2.29. The first kappa shape index (κ1) is 31.7. The highest BCUT2D eigenvalue weighted by atomic mass is 16.5. The highest BCUT2D eigenvalue weighted by molar-refractivity contribution is 5.94. The van der Waals surface area contributed by atoms with Gasteiger partial charge in [-0.05, 0) is 72.9 Å². The third kappa shape index (κ3) is 6.14. The van der Waals surface area contributed by atoms with Crippen LogP contribution >= 0.6 is 0 Å². The molecule has 10 nitrogen and oxygen atoms in total. The SMILES string of the molecule is CCC(Oc1ccc(C(C)(C)CC)cc1C(C)(C)CC)C(=O)Nc1ccc(-n2[nH]c(C)c(-n3cnc4ncncc43)c2=O)cc1. The zero-order valence-electron chi connectivity index (χ0n) is 27.4. The van der Waals surface area contributed by atoms with Crippen molar-refractivity contribution in [2.24, 2.45) is 0 Å². The number of aromatic nitrogens is 6. The quantitative estimate of drug-likeness (QED) is 0.170. The topological polar surface area (TPSA) is 120 Å². The number of anilines is 1. The van der Waals surface area contributed by atoms with Crippen LogP contribution in [0.4, 0.5) is 5.69 Å². The molecule has 5 rings (SSSR count). The van der Waals surface area contributed by atoms with Crippen molar-refractivity contribution in [3.63, 3.8) is 0 Å². The third-order valence-electron chi connectivity index (χ3n) is 9.09. The third-order valence-corrected chi connectivity index (χ3v) is 9.09. The van der Waals surface area contributed by atoms with Crippen LogP contribution in [0.5, 0.6) is 5.75 Å². The molecule has 3 aromatic heterocycles. The lowest BCUT2D eigenvalue weighted by Gasteiger charge is -2.31. The molecule has 0 saturated heterocycles. The van der Waals surface area contributed by atoms with Crippen LogP contribution < -0.4 is 15.6 Å². The van der Waals surface area contributed by atoms with Crippen LogP contribution in [0.25, 0.3) is 22.5 Å². The lowest BCUT2D eigenvalue weighted by atomic mass is 9.76. The normalized spacial score (nSPS) is 12.8. The van der Waals surface area contributed by atoms with Crippen LogP contribution in [0, 0.1) is 6.92 Å². The van der Waals surface area contributed by atoms with Gasteiger partial charge >= 0.3 is 0 Å². The molecule has 3 heterocycles. The molecule has 1 atom stereocenters. The molecule has 1 amide bonds. The average molecular weight is 610 g/mol. The minimum absolute atomic E-state index is 0.0408. The Morgan fingerprint density at radius 3 is 2.38 bits per heavy atom. The molecule has 0 aliphatic rings. The van der Waals surface area contributed by atoms with E-state index in [0.717, 1.165) is 24.2 Å². The summed E-state index contributed by atoms with van der Waals surface area (Å²) in [5.41, 5.74) is 5.54. The average Bonchev–Trinajstić information content (AvgIpc) is 3.59. The van der Waals surface area contributed by atoms with Crippen molar-refractivity contribution in [1.82, 2.24) is 29.3 Å². The Morgan fingerprint density at radius 1 is 1.00 bits per heavy atom. The molecule has 2 N–H and O–H groups in total. The molecule has 0 fully saturated rings. The zero-order chi connectivity index (χ0) is 32.5.